The van der Waals surface area contributed by atoms with Crippen LogP contribution in [0.25, 0.3) is 0 Å². The van der Waals surface area contributed by atoms with Crippen molar-refractivity contribution in [2.75, 3.05) is 0 Å². The summed E-state index contributed by atoms with van der Waals surface area (Å²) in [5.74, 6) is -0.818. The van der Waals surface area contributed by atoms with Crippen LogP contribution in [0, 0.1) is 0 Å². The summed E-state index contributed by atoms with van der Waals surface area (Å²) in [6.45, 7) is 0. The lowest BCUT2D eigenvalue weighted by Gasteiger charge is -2.09. The molecule has 0 unspecified atom stereocenters. The molecule has 92 valence electrons. The summed E-state index contributed by atoms with van der Waals surface area (Å²) in [6, 6.07) is 15.2. The lowest BCUT2D eigenvalue weighted by molar-refractivity contribution is -0.136. The van der Waals surface area contributed by atoms with E-state index in [4.69, 9.17) is 16.7 Å². The Kier molecular flexibility index (Phi) is 4.00. The Morgan fingerprint density at radius 2 is 1.50 bits per heavy atom. The molecule has 18 heavy (non-hydrogen) atoms. The Hall–Kier alpha value is -1.80. The fourth-order valence-electron chi connectivity index (χ4n) is 1.91. The highest BCUT2D eigenvalue weighted by atomic mass is 35.5. The van der Waals surface area contributed by atoms with Gasteiger partial charge in [0.1, 0.15) is 0 Å². The van der Waals surface area contributed by atoms with E-state index in [0.29, 0.717) is 11.4 Å². The number of carboxylic acids is 1. The van der Waals surface area contributed by atoms with E-state index in [-0.39, 0.29) is 6.42 Å². The Labute approximate surface area is 111 Å². The van der Waals surface area contributed by atoms with E-state index in [2.05, 4.69) is 0 Å². The van der Waals surface area contributed by atoms with Crippen LogP contribution in [0.5, 0.6) is 0 Å². The van der Waals surface area contributed by atoms with Gasteiger partial charge in [-0.05, 0) is 29.2 Å². The predicted molar refractivity (Wildman–Crippen MR) is 72.0 cm³/mol. The number of rotatable bonds is 4. The first-order valence-corrected chi connectivity index (χ1v) is 6.06. The van der Waals surface area contributed by atoms with Crippen molar-refractivity contribution < 1.29 is 9.90 Å². The molecule has 0 aliphatic heterocycles. The van der Waals surface area contributed by atoms with Gasteiger partial charge in [0, 0.05) is 5.02 Å². The predicted octanol–water partition coefficient (Wildman–Crippen LogP) is 3.56. The summed E-state index contributed by atoms with van der Waals surface area (Å²) in [6.07, 6.45) is 0.698. The van der Waals surface area contributed by atoms with Crippen molar-refractivity contribution in [2.24, 2.45) is 0 Å². The van der Waals surface area contributed by atoms with Gasteiger partial charge in [-0.15, -0.1) is 0 Å². The first kappa shape index (κ1) is 12.7. The Morgan fingerprint density at radius 3 is 2.11 bits per heavy atom. The molecule has 0 aliphatic carbocycles. The summed E-state index contributed by atoms with van der Waals surface area (Å²) in [5.41, 5.74) is 2.86. The van der Waals surface area contributed by atoms with Gasteiger partial charge in [0.2, 0.25) is 0 Å². The maximum atomic E-state index is 10.8. The zero-order valence-electron chi connectivity index (χ0n) is 9.77. The third kappa shape index (κ3) is 3.11. The number of carbonyl (C=O) groups is 1. The van der Waals surface area contributed by atoms with Gasteiger partial charge in [0.05, 0.1) is 6.42 Å². The summed E-state index contributed by atoms with van der Waals surface area (Å²) < 4.78 is 0. The van der Waals surface area contributed by atoms with Crippen LogP contribution < -0.4 is 0 Å². The molecule has 0 atom stereocenters. The number of benzene rings is 2. The van der Waals surface area contributed by atoms with E-state index in [1.165, 1.54) is 0 Å². The van der Waals surface area contributed by atoms with Gasteiger partial charge in [-0.3, -0.25) is 4.79 Å². The topological polar surface area (TPSA) is 37.3 Å². The molecule has 0 heterocycles. The minimum atomic E-state index is -0.818. The van der Waals surface area contributed by atoms with Gasteiger partial charge in [-0.2, -0.15) is 0 Å². The molecule has 0 saturated carbocycles. The van der Waals surface area contributed by atoms with Crippen molar-refractivity contribution in [3.05, 3.63) is 70.2 Å². The molecule has 0 saturated heterocycles. The van der Waals surface area contributed by atoms with Gasteiger partial charge < -0.3 is 5.11 Å². The van der Waals surface area contributed by atoms with Crippen molar-refractivity contribution in [3.63, 3.8) is 0 Å². The molecular formula is C15H13ClO2. The monoisotopic (exact) mass is 260 g/mol. The molecule has 0 spiro atoms. The highest BCUT2D eigenvalue weighted by molar-refractivity contribution is 6.31. The number of aliphatic carboxylic acids is 1. The Bertz CT molecular complexity index is 564. The minimum absolute atomic E-state index is 0.0423. The van der Waals surface area contributed by atoms with Crippen molar-refractivity contribution in [3.8, 4) is 0 Å². The quantitative estimate of drug-likeness (QED) is 0.913. The standard InChI is InChI=1S/C15H13ClO2/c16-14-8-4-3-7-13(14)9-11-5-1-2-6-12(11)10-15(17)18/h1-8H,9-10H2,(H,17,18). The molecule has 0 aliphatic rings. The molecule has 2 nitrogen and oxygen atoms in total. The van der Waals surface area contributed by atoms with Crippen LogP contribution >= 0.6 is 11.6 Å². The largest absolute Gasteiger partial charge is 0.481 e. The average molecular weight is 261 g/mol. The second-order valence-electron chi connectivity index (χ2n) is 4.11. The van der Waals surface area contributed by atoms with Crippen LogP contribution in [0.4, 0.5) is 0 Å². The molecule has 3 heteroatoms. The van der Waals surface area contributed by atoms with Gasteiger partial charge in [-0.1, -0.05) is 54.1 Å². The van der Waals surface area contributed by atoms with Crippen LogP contribution in [0.3, 0.4) is 0 Å². The summed E-state index contributed by atoms with van der Waals surface area (Å²) in [7, 11) is 0. The SMILES string of the molecule is O=C(O)Cc1ccccc1Cc1ccccc1Cl. The van der Waals surface area contributed by atoms with Crippen LogP contribution in [-0.2, 0) is 17.6 Å². The van der Waals surface area contributed by atoms with E-state index in [1.807, 2.05) is 48.5 Å². The van der Waals surface area contributed by atoms with Gasteiger partial charge in [0.25, 0.3) is 0 Å². The smallest absolute Gasteiger partial charge is 0.307 e. The molecule has 0 bridgehead atoms. The Morgan fingerprint density at radius 1 is 0.944 bits per heavy atom. The summed E-state index contributed by atoms with van der Waals surface area (Å²) in [5, 5.41) is 9.60. The van der Waals surface area contributed by atoms with E-state index < -0.39 is 5.97 Å². The van der Waals surface area contributed by atoms with Crippen LogP contribution in [-0.4, -0.2) is 11.1 Å². The second-order valence-corrected chi connectivity index (χ2v) is 4.51. The lowest BCUT2D eigenvalue weighted by atomic mass is 9.98. The zero-order valence-corrected chi connectivity index (χ0v) is 10.5. The molecule has 0 aromatic heterocycles. The number of hydrogen-bond donors (Lipinski definition) is 1. The van der Waals surface area contributed by atoms with Gasteiger partial charge in [-0.25, -0.2) is 0 Å². The minimum Gasteiger partial charge on any atom is -0.481 e. The first-order chi connectivity index (χ1) is 8.66. The average Bonchev–Trinajstić information content (AvgIpc) is 2.34. The molecule has 0 radical (unpaired) electrons. The highest BCUT2D eigenvalue weighted by Gasteiger charge is 2.08. The van der Waals surface area contributed by atoms with Crippen molar-refractivity contribution in [2.45, 2.75) is 12.8 Å². The number of carboxylic acid groups (broad SMARTS) is 1. The maximum Gasteiger partial charge on any atom is 0.307 e. The fraction of sp³-hybridized carbons (Fsp3) is 0.133. The van der Waals surface area contributed by atoms with Crippen LogP contribution in [0.15, 0.2) is 48.5 Å². The normalized spacial score (nSPS) is 10.3. The van der Waals surface area contributed by atoms with Crippen molar-refractivity contribution in [1.29, 1.82) is 0 Å². The van der Waals surface area contributed by atoms with E-state index in [1.54, 1.807) is 0 Å². The van der Waals surface area contributed by atoms with E-state index >= 15 is 0 Å². The number of hydrogen-bond acceptors (Lipinski definition) is 1. The molecule has 2 rings (SSSR count). The molecule has 2 aromatic carbocycles. The zero-order chi connectivity index (χ0) is 13.0. The maximum absolute atomic E-state index is 10.8. The molecule has 0 amide bonds. The third-order valence-corrected chi connectivity index (χ3v) is 3.17. The molecule has 2 aromatic rings. The second kappa shape index (κ2) is 5.69. The van der Waals surface area contributed by atoms with Crippen LogP contribution in [0.2, 0.25) is 5.02 Å². The van der Waals surface area contributed by atoms with E-state index in [0.717, 1.165) is 16.7 Å². The first-order valence-electron chi connectivity index (χ1n) is 5.69. The lowest BCUT2D eigenvalue weighted by Crippen LogP contribution is -2.04. The molecular weight excluding hydrogens is 248 g/mol. The van der Waals surface area contributed by atoms with Gasteiger partial charge in [0.15, 0.2) is 0 Å². The highest BCUT2D eigenvalue weighted by Crippen LogP contribution is 2.21. The Balaban J connectivity index is 2.29. The fourth-order valence-corrected chi connectivity index (χ4v) is 2.11. The summed E-state index contributed by atoms with van der Waals surface area (Å²) in [4.78, 5) is 10.8. The molecule has 0 fully saturated rings. The van der Waals surface area contributed by atoms with Crippen molar-refractivity contribution in [1.82, 2.24) is 0 Å². The number of halogens is 1. The summed E-state index contributed by atoms with van der Waals surface area (Å²) >= 11 is 6.12. The van der Waals surface area contributed by atoms with Crippen LogP contribution in [0.1, 0.15) is 16.7 Å². The third-order valence-electron chi connectivity index (χ3n) is 2.80. The van der Waals surface area contributed by atoms with Crippen molar-refractivity contribution >= 4 is 17.6 Å². The van der Waals surface area contributed by atoms with Gasteiger partial charge >= 0.3 is 5.97 Å². The van der Waals surface area contributed by atoms with E-state index in [9.17, 15) is 4.79 Å². The molecule has 1 N–H and O–H groups in total.